The van der Waals surface area contributed by atoms with Crippen LogP contribution in [0.15, 0.2) is 18.2 Å². The average Bonchev–Trinajstić information content (AvgIpc) is 2.32. The monoisotopic (exact) mass is 246 g/mol. The standard InChI is InChI=1S/C15H22N2O/c1-10-6-7-13(11(2)9-10)15(18)17-14-5-4-8-16-12(14)3/h6-7,9,12,14,16H,4-5,8H2,1-3H3,(H,17,18)/t12-,14+/m0/s1. The van der Waals surface area contributed by atoms with Crippen LogP contribution in [0.25, 0.3) is 0 Å². The highest BCUT2D eigenvalue weighted by molar-refractivity contribution is 5.95. The van der Waals surface area contributed by atoms with Crippen LogP contribution >= 0.6 is 0 Å². The molecule has 0 aromatic heterocycles. The summed E-state index contributed by atoms with van der Waals surface area (Å²) in [5, 5.41) is 6.54. The Morgan fingerprint density at radius 3 is 2.83 bits per heavy atom. The van der Waals surface area contributed by atoms with E-state index in [9.17, 15) is 4.79 Å². The van der Waals surface area contributed by atoms with Gasteiger partial charge in [0.05, 0.1) is 0 Å². The lowest BCUT2D eigenvalue weighted by Gasteiger charge is -2.30. The molecule has 1 heterocycles. The van der Waals surface area contributed by atoms with Crippen LogP contribution in [0.3, 0.4) is 0 Å². The zero-order chi connectivity index (χ0) is 13.1. The van der Waals surface area contributed by atoms with Crippen molar-refractivity contribution in [2.45, 2.75) is 45.7 Å². The van der Waals surface area contributed by atoms with E-state index in [1.807, 2.05) is 26.0 Å². The number of benzene rings is 1. The first-order valence-electron chi connectivity index (χ1n) is 6.69. The molecule has 2 atom stereocenters. The third kappa shape index (κ3) is 2.91. The van der Waals surface area contributed by atoms with Gasteiger partial charge in [-0.15, -0.1) is 0 Å². The lowest BCUT2D eigenvalue weighted by atomic mass is 9.98. The van der Waals surface area contributed by atoms with Gasteiger partial charge in [-0.25, -0.2) is 0 Å². The minimum atomic E-state index is 0.0491. The number of carbonyl (C=O) groups excluding carboxylic acids is 1. The summed E-state index contributed by atoms with van der Waals surface area (Å²) in [6.07, 6.45) is 2.19. The summed E-state index contributed by atoms with van der Waals surface area (Å²) in [6.45, 7) is 7.22. The second kappa shape index (κ2) is 5.53. The van der Waals surface area contributed by atoms with Gasteiger partial charge in [-0.3, -0.25) is 4.79 Å². The molecule has 18 heavy (non-hydrogen) atoms. The lowest BCUT2D eigenvalue weighted by Crippen LogP contribution is -2.52. The molecule has 0 aliphatic carbocycles. The molecule has 0 bridgehead atoms. The quantitative estimate of drug-likeness (QED) is 0.839. The highest BCUT2D eigenvalue weighted by Crippen LogP contribution is 2.13. The van der Waals surface area contributed by atoms with Crippen LogP contribution in [0.5, 0.6) is 0 Å². The number of hydrogen-bond acceptors (Lipinski definition) is 2. The molecule has 1 aromatic rings. The van der Waals surface area contributed by atoms with Crippen molar-refractivity contribution in [2.24, 2.45) is 0 Å². The lowest BCUT2D eigenvalue weighted by molar-refractivity contribution is 0.0919. The topological polar surface area (TPSA) is 41.1 Å². The third-order valence-corrected chi connectivity index (χ3v) is 3.70. The van der Waals surface area contributed by atoms with Crippen LogP contribution in [0.4, 0.5) is 0 Å². The van der Waals surface area contributed by atoms with E-state index in [-0.39, 0.29) is 11.9 Å². The van der Waals surface area contributed by atoms with Crippen molar-refractivity contribution in [2.75, 3.05) is 6.54 Å². The second-order valence-electron chi connectivity index (χ2n) is 5.28. The van der Waals surface area contributed by atoms with E-state index in [1.54, 1.807) is 0 Å². The van der Waals surface area contributed by atoms with Crippen molar-refractivity contribution in [3.63, 3.8) is 0 Å². The van der Waals surface area contributed by atoms with Crippen LogP contribution < -0.4 is 10.6 Å². The highest BCUT2D eigenvalue weighted by atomic mass is 16.1. The molecule has 2 N–H and O–H groups in total. The fraction of sp³-hybridized carbons (Fsp3) is 0.533. The zero-order valence-corrected chi connectivity index (χ0v) is 11.4. The summed E-state index contributed by atoms with van der Waals surface area (Å²) in [5.41, 5.74) is 3.03. The van der Waals surface area contributed by atoms with Crippen LogP contribution in [0.2, 0.25) is 0 Å². The third-order valence-electron chi connectivity index (χ3n) is 3.70. The zero-order valence-electron chi connectivity index (χ0n) is 11.4. The molecular formula is C15H22N2O. The van der Waals surface area contributed by atoms with Gasteiger partial charge >= 0.3 is 0 Å². The van der Waals surface area contributed by atoms with Gasteiger partial charge in [0.1, 0.15) is 0 Å². The Hall–Kier alpha value is -1.35. The first kappa shape index (κ1) is 13.1. The van der Waals surface area contributed by atoms with E-state index in [0.29, 0.717) is 6.04 Å². The minimum Gasteiger partial charge on any atom is -0.348 e. The Labute approximate surface area is 109 Å². The molecule has 0 radical (unpaired) electrons. The molecule has 0 spiro atoms. The summed E-state index contributed by atoms with van der Waals surface area (Å²) in [5.74, 6) is 0.0491. The Morgan fingerprint density at radius 1 is 1.39 bits per heavy atom. The maximum atomic E-state index is 12.3. The van der Waals surface area contributed by atoms with Crippen molar-refractivity contribution in [3.8, 4) is 0 Å². The Kier molecular flexibility index (Phi) is 4.02. The number of aryl methyl sites for hydroxylation is 2. The van der Waals surface area contributed by atoms with Crippen LogP contribution in [-0.4, -0.2) is 24.5 Å². The molecule has 1 aromatic carbocycles. The van der Waals surface area contributed by atoms with Crippen molar-refractivity contribution in [1.29, 1.82) is 0 Å². The van der Waals surface area contributed by atoms with E-state index >= 15 is 0 Å². The van der Waals surface area contributed by atoms with Crippen molar-refractivity contribution >= 4 is 5.91 Å². The summed E-state index contributed by atoms with van der Waals surface area (Å²) < 4.78 is 0. The molecule has 1 aliphatic rings. The molecule has 1 amide bonds. The SMILES string of the molecule is Cc1ccc(C(=O)N[C@@H]2CCCN[C@H]2C)c(C)c1. The average molecular weight is 246 g/mol. The maximum absolute atomic E-state index is 12.3. The molecule has 1 saturated heterocycles. The molecule has 98 valence electrons. The van der Waals surface area contributed by atoms with Gasteiger partial charge in [-0.05, 0) is 51.8 Å². The number of piperidine rings is 1. The molecule has 0 saturated carbocycles. The van der Waals surface area contributed by atoms with Gasteiger partial charge in [-0.1, -0.05) is 17.7 Å². The second-order valence-corrected chi connectivity index (χ2v) is 5.28. The first-order chi connectivity index (χ1) is 8.58. The normalized spacial score (nSPS) is 23.7. The van der Waals surface area contributed by atoms with E-state index in [1.165, 1.54) is 5.56 Å². The van der Waals surface area contributed by atoms with E-state index in [2.05, 4.69) is 23.6 Å². The molecule has 0 unspecified atom stereocenters. The maximum Gasteiger partial charge on any atom is 0.251 e. The van der Waals surface area contributed by atoms with Gasteiger partial charge in [0.2, 0.25) is 0 Å². The summed E-state index contributed by atoms with van der Waals surface area (Å²) in [6, 6.07) is 6.56. The van der Waals surface area contributed by atoms with Crippen molar-refractivity contribution in [3.05, 3.63) is 34.9 Å². The Morgan fingerprint density at radius 2 is 2.17 bits per heavy atom. The highest BCUT2D eigenvalue weighted by Gasteiger charge is 2.23. The van der Waals surface area contributed by atoms with Gasteiger partial charge in [-0.2, -0.15) is 0 Å². The van der Waals surface area contributed by atoms with Gasteiger partial charge < -0.3 is 10.6 Å². The Balaban J connectivity index is 2.07. The van der Waals surface area contributed by atoms with Crippen molar-refractivity contribution in [1.82, 2.24) is 10.6 Å². The Bertz CT molecular complexity index is 442. The number of rotatable bonds is 2. The smallest absolute Gasteiger partial charge is 0.251 e. The number of hydrogen-bond donors (Lipinski definition) is 2. The number of nitrogens with one attached hydrogen (secondary N) is 2. The van der Waals surface area contributed by atoms with Crippen LogP contribution in [0, 0.1) is 13.8 Å². The van der Waals surface area contributed by atoms with Crippen LogP contribution in [0.1, 0.15) is 41.3 Å². The van der Waals surface area contributed by atoms with E-state index in [0.717, 1.165) is 30.5 Å². The summed E-state index contributed by atoms with van der Waals surface area (Å²) in [7, 11) is 0. The molecular weight excluding hydrogens is 224 g/mol. The molecule has 1 aliphatic heterocycles. The fourth-order valence-corrected chi connectivity index (χ4v) is 2.56. The van der Waals surface area contributed by atoms with Crippen LogP contribution in [-0.2, 0) is 0 Å². The fourth-order valence-electron chi connectivity index (χ4n) is 2.56. The molecule has 1 fully saturated rings. The van der Waals surface area contributed by atoms with Gasteiger partial charge in [0, 0.05) is 17.6 Å². The number of carbonyl (C=O) groups is 1. The van der Waals surface area contributed by atoms with Gasteiger partial charge in [0.15, 0.2) is 0 Å². The molecule has 3 heteroatoms. The van der Waals surface area contributed by atoms with Gasteiger partial charge in [0.25, 0.3) is 5.91 Å². The summed E-state index contributed by atoms with van der Waals surface area (Å²) >= 11 is 0. The van der Waals surface area contributed by atoms with Crippen molar-refractivity contribution < 1.29 is 4.79 Å². The molecule has 2 rings (SSSR count). The summed E-state index contributed by atoms with van der Waals surface area (Å²) in [4.78, 5) is 12.3. The number of amides is 1. The predicted octanol–water partition coefficient (Wildman–Crippen LogP) is 2.17. The minimum absolute atomic E-state index is 0.0491. The predicted molar refractivity (Wildman–Crippen MR) is 73.9 cm³/mol. The largest absolute Gasteiger partial charge is 0.348 e. The van der Waals surface area contributed by atoms with E-state index < -0.39 is 0 Å². The molecule has 3 nitrogen and oxygen atoms in total. The first-order valence-corrected chi connectivity index (χ1v) is 6.69. The van der Waals surface area contributed by atoms with E-state index in [4.69, 9.17) is 0 Å².